The van der Waals surface area contributed by atoms with Crippen molar-refractivity contribution in [3.63, 3.8) is 0 Å². The predicted octanol–water partition coefficient (Wildman–Crippen LogP) is 2.41. The number of likely N-dealkylation sites (tertiary alicyclic amines) is 1. The van der Waals surface area contributed by atoms with E-state index in [-0.39, 0.29) is 17.8 Å². The Labute approximate surface area is 174 Å². The molecule has 0 saturated carbocycles. The molecule has 1 unspecified atom stereocenters. The van der Waals surface area contributed by atoms with Gasteiger partial charge in [-0.05, 0) is 43.3 Å². The number of hydrazone groups is 1. The average molecular weight is 417 g/mol. The fourth-order valence-electron chi connectivity index (χ4n) is 3.51. The van der Waals surface area contributed by atoms with Gasteiger partial charge in [0.15, 0.2) is 0 Å². The lowest BCUT2D eigenvalue weighted by atomic mass is 10.0. The van der Waals surface area contributed by atoms with Crippen LogP contribution >= 0.6 is 11.9 Å². The maximum atomic E-state index is 13.7. The van der Waals surface area contributed by atoms with Gasteiger partial charge in [-0.25, -0.2) is 4.39 Å². The minimum Gasteiger partial charge on any atom is -0.350 e. The van der Waals surface area contributed by atoms with Crippen LogP contribution in [0.4, 0.5) is 4.39 Å². The van der Waals surface area contributed by atoms with Crippen LogP contribution in [0, 0.1) is 5.82 Å². The van der Waals surface area contributed by atoms with Crippen molar-refractivity contribution in [1.82, 2.24) is 15.2 Å². The topological polar surface area (TPSA) is 86.3 Å². The minimum atomic E-state index is -0.284. The number of nitrogens with one attached hydrogen (secondary N) is 1. The molecule has 2 aliphatic heterocycles. The molecule has 0 aliphatic carbocycles. The largest absolute Gasteiger partial charge is 0.350 e. The van der Waals surface area contributed by atoms with Crippen LogP contribution in [0.25, 0.3) is 0 Å². The summed E-state index contributed by atoms with van der Waals surface area (Å²) in [5.41, 5.74) is 1.24. The van der Waals surface area contributed by atoms with Gasteiger partial charge < -0.3 is 10.2 Å². The van der Waals surface area contributed by atoms with Gasteiger partial charge in [0, 0.05) is 18.8 Å². The molecule has 1 aromatic carbocycles. The van der Waals surface area contributed by atoms with Crippen molar-refractivity contribution in [1.29, 1.82) is 0 Å². The molecule has 1 fully saturated rings. The molecule has 9 heteroatoms. The van der Waals surface area contributed by atoms with E-state index in [0.717, 1.165) is 42.7 Å². The van der Waals surface area contributed by atoms with E-state index in [1.165, 1.54) is 12.3 Å². The van der Waals surface area contributed by atoms with Gasteiger partial charge in [0.2, 0.25) is 0 Å². The summed E-state index contributed by atoms with van der Waals surface area (Å²) in [6, 6.07) is 6.74. The molecule has 2 aliphatic rings. The van der Waals surface area contributed by atoms with Gasteiger partial charge in [0.1, 0.15) is 17.3 Å². The Morgan fingerprint density at radius 2 is 2.38 bits per heavy atom. The number of carbonyl (C=O) groups is 1. The van der Waals surface area contributed by atoms with E-state index in [0.29, 0.717) is 24.5 Å². The SMILES string of the molecule is C=N/C=C(/C(=O)NCCSN)N1CC=CC(N2CCCC2c2cccc(F)c2)=N1. The molecule has 3 rings (SSSR count). The fourth-order valence-corrected chi connectivity index (χ4v) is 3.73. The lowest BCUT2D eigenvalue weighted by molar-refractivity contribution is -0.118. The van der Waals surface area contributed by atoms with E-state index in [2.05, 4.69) is 27.0 Å². The van der Waals surface area contributed by atoms with Gasteiger partial charge >= 0.3 is 0 Å². The molecule has 3 N–H and O–H groups in total. The lowest BCUT2D eigenvalue weighted by Gasteiger charge is -2.31. The summed E-state index contributed by atoms with van der Waals surface area (Å²) in [6.07, 6.45) is 7.20. The summed E-state index contributed by atoms with van der Waals surface area (Å²) in [4.78, 5) is 18.5. The summed E-state index contributed by atoms with van der Waals surface area (Å²) >= 11 is 1.16. The number of nitrogens with zero attached hydrogens (tertiary/aromatic N) is 4. The number of amidine groups is 1. The first-order valence-electron chi connectivity index (χ1n) is 9.44. The molecular formula is C20H25FN6OS. The van der Waals surface area contributed by atoms with Gasteiger partial charge in [-0.15, -0.1) is 0 Å². The molecule has 0 spiro atoms. The maximum Gasteiger partial charge on any atom is 0.271 e. The molecule has 29 heavy (non-hydrogen) atoms. The molecule has 0 bridgehead atoms. The molecule has 0 radical (unpaired) electrons. The Morgan fingerprint density at radius 1 is 1.52 bits per heavy atom. The molecule has 1 aromatic rings. The number of halogens is 1. The van der Waals surface area contributed by atoms with Crippen molar-refractivity contribution in [3.05, 3.63) is 59.7 Å². The van der Waals surface area contributed by atoms with Crippen molar-refractivity contribution in [2.75, 3.05) is 25.4 Å². The second kappa shape index (κ2) is 10.2. The normalized spacial score (nSPS) is 19.3. The number of aliphatic imine (C=N–C) groups is 1. The molecule has 0 aromatic heterocycles. The zero-order chi connectivity index (χ0) is 20.6. The summed E-state index contributed by atoms with van der Waals surface area (Å²) in [7, 11) is 0. The van der Waals surface area contributed by atoms with Crippen molar-refractivity contribution >= 4 is 30.4 Å². The molecule has 1 saturated heterocycles. The molecule has 2 heterocycles. The van der Waals surface area contributed by atoms with Crippen molar-refractivity contribution in [2.45, 2.75) is 18.9 Å². The molecule has 154 valence electrons. The molecule has 1 amide bonds. The van der Waals surface area contributed by atoms with E-state index in [4.69, 9.17) is 5.14 Å². The average Bonchev–Trinajstić information content (AvgIpc) is 3.22. The first-order chi connectivity index (χ1) is 14.1. The number of benzene rings is 1. The number of nitrogens with two attached hydrogens (primary N) is 1. The number of amides is 1. The second-order valence-electron chi connectivity index (χ2n) is 6.67. The number of hydrogen-bond acceptors (Lipinski definition) is 7. The lowest BCUT2D eigenvalue weighted by Crippen LogP contribution is -2.38. The Hall–Kier alpha value is -2.65. The third-order valence-corrected chi connectivity index (χ3v) is 5.22. The van der Waals surface area contributed by atoms with Gasteiger partial charge in [0.05, 0.1) is 18.8 Å². The van der Waals surface area contributed by atoms with Crippen LogP contribution in [0.3, 0.4) is 0 Å². The Morgan fingerprint density at radius 3 is 3.14 bits per heavy atom. The Bertz CT molecular complexity index is 840. The quantitative estimate of drug-likeness (QED) is 0.309. The Balaban J connectivity index is 1.80. The molecular weight excluding hydrogens is 391 g/mol. The molecule has 7 nitrogen and oxygen atoms in total. The maximum absolute atomic E-state index is 13.7. The second-order valence-corrected chi connectivity index (χ2v) is 7.41. The van der Waals surface area contributed by atoms with Crippen molar-refractivity contribution in [3.8, 4) is 0 Å². The van der Waals surface area contributed by atoms with Gasteiger partial charge in [-0.1, -0.05) is 30.2 Å². The van der Waals surface area contributed by atoms with Crippen LogP contribution in [0.15, 0.2) is 58.4 Å². The third kappa shape index (κ3) is 5.24. The summed E-state index contributed by atoms with van der Waals surface area (Å²) < 4.78 is 13.7. The van der Waals surface area contributed by atoms with Crippen LogP contribution in [0.5, 0.6) is 0 Å². The number of carbonyl (C=O) groups excluding carboxylic acids is 1. The van der Waals surface area contributed by atoms with Crippen LogP contribution in [0.2, 0.25) is 0 Å². The Kier molecular flexibility index (Phi) is 7.42. The summed E-state index contributed by atoms with van der Waals surface area (Å²) in [6.45, 7) is 5.17. The van der Waals surface area contributed by atoms with E-state index >= 15 is 0 Å². The highest BCUT2D eigenvalue weighted by atomic mass is 32.2. The van der Waals surface area contributed by atoms with Gasteiger partial charge in [-0.3, -0.25) is 19.9 Å². The van der Waals surface area contributed by atoms with Crippen LogP contribution in [-0.2, 0) is 4.79 Å². The first kappa shape index (κ1) is 21.1. The highest BCUT2D eigenvalue weighted by molar-refractivity contribution is 7.97. The monoisotopic (exact) mass is 416 g/mol. The van der Waals surface area contributed by atoms with Crippen LogP contribution in [-0.4, -0.2) is 53.8 Å². The zero-order valence-corrected chi connectivity index (χ0v) is 16.9. The zero-order valence-electron chi connectivity index (χ0n) is 16.1. The third-order valence-electron chi connectivity index (χ3n) is 4.78. The van der Waals surface area contributed by atoms with Gasteiger partial charge in [-0.2, -0.15) is 5.10 Å². The standard InChI is InChI=1S/C20H25FN6OS/c1-23-14-18(20(28)24-9-12-29-22)27-11-4-8-19(25-27)26-10-3-7-17(26)15-5-2-6-16(21)13-15/h2,4-6,8,13-14,17H,1,3,7,9-12,22H2,(H,24,28)/b18-14-. The fraction of sp³-hybridized carbons (Fsp3) is 0.350. The smallest absolute Gasteiger partial charge is 0.271 e. The highest BCUT2D eigenvalue weighted by Gasteiger charge is 2.30. The minimum absolute atomic E-state index is 0.0504. The predicted molar refractivity (Wildman–Crippen MR) is 116 cm³/mol. The van der Waals surface area contributed by atoms with E-state index < -0.39 is 0 Å². The summed E-state index contributed by atoms with van der Waals surface area (Å²) in [5, 5.41) is 14.5. The first-order valence-corrected chi connectivity index (χ1v) is 10.5. The molecule has 1 atom stereocenters. The number of rotatable bonds is 7. The van der Waals surface area contributed by atoms with Gasteiger partial charge in [0.25, 0.3) is 5.91 Å². The van der Waals surface area contributed by atoms with E-state index in [9.17, 15) is 9.18 Å². The highest BCUT2D eigenvalue weighted by Crippen LogP contribution is 2.33. The van der Waals surface area contributed by atoms with Crippen molar-refractivity contribution < 1.29 is 9.18 Å². The van der Waals surface area contributed by atoms with Crippen molar-refractivity contribution in [2.24, 2.45) is 15.2 Å². The van der Waals surface area contributed by atoms with E-state index in [1.807, 2.05) is 18.2 Å². The number of hydrogen-bond donors (Lipinski definition) is 2. The van der Waals surface area contributed by atoms with Crippen LogP contribution < -0.4 is 10.5 Å². The summed E-state index contributed by atoms with van der Waals surface area (Å²) in [5.74, 6) is 0.820. The van der Waals surface area contributed by atoms with Crippen LogP contribution in [0.1, 0.15) is 24.4 Å². The van der Waals surface area contributed by atoms with E-state index in [1.54, 1.807) is 17.1 Å².